The second-order valence-corrected chi connectivity index (χ2v) is 6.57. The summed E-state index contributed by atoms with van der Waals surface area (Å²) in [6.45, 7) is 0. The van der Waals surface area contributed by atoms with Gasteiger partial charge in [0.25, 0.3) is 5.91 Å². The normalized spacial score (nSPS) is 11.4. The van der Waals surface area contributed by atoms with Crippen molar-refractivity contribution < 1.29 is 19.0 Å². The van der Waals surface area contributed by atoms with Crippen LogP contribution in [0.3, 0.4) is 0 Å². The number of nitrogens with one attached hydrogen (secondary N) is 1. The number of carbonyl (C=O) groups is 1. The molecule has 142 valence electrons. The zero-order chi connectivity index (χ0) is 19.7. The van der Waals surface area contributed by atoms with Crippen molar-refractivity contribution in [2.24, 2.45) is 0 Å². The molecule has 0 bridgehead atoms. The highest BCUT2D eigenvalue weighted by molar-refractivity contribution is 6.07. The minimum absolute atomic E-state index is 0.270. The highest BCUT2D eigenvalue weighted by atomic mass is 16.5. The minimum atomic E-state index is -0.270. The SMILES string of the molecule is COc1cc(OC)c(C(=O)Nc2ccc3c(c2)Cc2ccccc2-3)cc1OC. The smallest absolute Gasteiger partial charge is 0.259 e. The van der Waals surface area contributed by atoms with Gasteiger partial charge in [0.1, 0.15) is 5.75 Å². The quantitative estimate of drug-likeness (QED) is 0.557. The van der Waals surface area contributed by atoms with Crippen molar-refractivity contribution in [2.45, 2.75) is 6.42 Å². The van der Waals surface area contributed by atoms with Crippen LogP contribution in [0.5, 0.6) is 17.2 Å². The van der Waals surface area contributed by atoms with Gasteiger partial charge < -0.3 is 19.5 Å². The fraction of sp³-hybridized carbons (Fsp3) is 0.174. The molecule has 3 aromatic carbocycles. The largest absolute Gasteiger partial charge is 0.496 e. The van der Waals surface area contributed by atoms with Gasteiger partial charge >= 0.3 is 0 Å². The van der Waals surface area contributed by atoms with Gasteiger partial charge in [0.15, 0.2) is 11.5 Å². The van der Waals surface area contributed by atoms with Crippen LogP contribution < -0.4 is 19.5 Å². The number of anilines is 1. The first kappa shape index (κ1) is 17.9. The highest BCUT2D eigenvalue weighted by Gasteiger charge is 2.20. The molecule has 0 aliphatic heterocycles. The predicted octanol–water partition coefficient (Wildman–Crippen LogP) is 4.54. The van der Waals surface area contributed by atoms with Gasteiger partial charge in [-0.3, -0.25) is 4.79 Å². The van der Waals surface area contributed by atoms with E-state index in [2.05, 4.69) is 29.6 Å². The van der Waals surface area contributed by atoms with E-state index in [0.717, 1.165) is 12.1 Å². The van der Waals surface area contributed by atoms with Crippen molar-refractivity contribution in [2.75, 3.05) is 26.6 Å². The Morgan fingerprint density at radius 2 is 1.46 bits per heavy atom. The number of methoxy groups -OCH3 is 3. The molecule has 3 aromatic rings. The van der Waals surface area contributed by atoms with E-state index in [0.29, 0.717) is 22.8 Å². The van der Waals surface area contributed by atoms with Gasteiger partial charge in [-0.1, -0.05) is 30.3 Å². The zero-order valence-electron chi connectivity index (χ0n) is 16.0. The van der Waals surface area contributed by atoms with E-state index < -0.39 is 0 Å². The molecule has 5 heteroatoms. The third-order valence-electron chi connectivity index (χ3n) is 5.00. The third-order valence-corrected chi connectivity index (χ3v) is 5.00. The van der Waals surface area contributed by atoms with Gasteiger partial charge in [0, 0.05) is 17.8 Å². The Morgan fingerprint density at radius 3 is 2.21 bits per heavy atom. The number of hydrogen-bond acceptors (Lipinski definition) is 4. The van der Waals surface area contributed by atoms with E-state index in [4.69, 9.17) is 14.2 Å². The molecule has 4 rings (SSSR count). The molecule has 0 saturated carbocycles. The number of benzene rings is 3. The summed E-state index contributed by atoms with van der Waals surface area (Å²) in [6, 6.07) is 17.7. The van der Waals surface area contributed by atoms with Crippen LogP contribution in [0, 0.1) is 0 Å². The summed E-state index contributed by atoms with van der Waals surface area (Å²) in [5.41, 5.74) is 6.12. The van der Waals surface area contributed by atoms with Crippen molar-refractivity contribution >= 4 is 11.6 Å². The van der Waals surface area contributed by atoms with Crippen molar-refractivity contribution in [3.05, 3.63) is 71.3 Å². The van der Waals surface area contributed by atoms with Gasteiger partial charge in [-0.25, -0.2) is 0 Å². The maximum atomic E-state index is 12.9. The van der Waals surface area contributed by atoms with E-state index in [1.54, 1.807) is 19.2 Å². The van der Waals surface area contributed by atoms with Crippen LogP contribution in [0.1, 0.15) is 21.5 Å². The van der Waals surface area contributed by atoms with E-state index in [1.165, 1.54) is 36.5 Å². The predicted molar refractivity (Wildman–Crippen MR) is 109 cm³/mol. The third kappa shape index (κ3) is 3.05. The summed E-state index contributed by atoms with van der Waals surface area (Å²) in [5, 5.41) is 2.96. The average molecular weight is 375 g/mol. The first-order valence-corrected chi connectivity index (χ1v) is 8.97. The number of ether oxygens (including phenoxy) is 3. The molecule has 0 heterocycles. The van der Waals surface area contributed by atoms with Crippen LogP contribution in [0.15, 0.2) is 54.6 Å². The number of rotatable bonds is 5. The molecule has 0 atom stereocenters. The summed E-state index contributed by atoms with van der Waals surface area (Å²) in [6.07, 6.45) is 0.870. The second-order valence-electron chi connectivity index (χ2n) is 6.57. The van der Waals surface area contributed by atoms with Crippen molar-refractivity contribution in [1.82, 2.24) is 0 Å². The molecule has 28 heavy (non-hydrogen) atoms. The summed E-state index contributed by atoms with van der Waals surface area (Å²) >= 11 is 0. The lowest BCUT2D eigenvalue weighted by Gasteiger charge is -2.14. The summed E-state index contributed by atoms with van der Waals surface area (Å²) in [7, 11) is 4.59. The minimum Gasteiger partial charge on any atom is -0.496 e. The summed E-state index contributed by atoms with van der Waals surface area (Å²) in [4.78, 5) is 12.9. The molecular formula is C23H21NO4. The monoisotopic (exact) mass is 375 g/mol. The standard InChI is InChI=1S/C23H21NO4/c1-26-20-13-22(28-3)21(27-2)12-19(20)23(25)24-16-8-9-18-15(11-16)10-14-6-4-5-7-17(14)18/h4-9,11-13H,10H2,1-3H3,(H,24,25). The summed E-state index contributed by atoms with van der Waals surface area (Å²) < 4.78 is 16.0. The van der Waals surface area contributed by atoms with Crippen LogP contribution in [-0.4, -0.2) is 27.2 Å². The molecule has 5 nitrogen and oxygen atoms in total. The van der Waals surface area contributed by atoms with Crippen molar-refractivity contribution in [3.8, 4) is 28.4 Å². The zero-order valence-corrected chi connectivity index (χ0v) is 16.0. The molecule has 0 fully saturated rings. The maximum Gasteiger partial charge on any atom is 0.259 e. The lowest BCUT2D eigenvalue weighted by molar-refractivity contribution is 0.102. The van der Waals surface area contributed by atoms with Crippen LogP contribution in [0.2, 0.25) is 0 Å². The van der Waals surface area contributed by atoms with Gasteiger partial charge in [-0.05, 0) is 40.8 Å². The number of hydrogen-bond donors (Lipinski definition) is 1. The van der Waals surface area contributed by atoms with Gasteiger partial charge in [-0.15, -0.1) is 0 Å². The highest BCUT2D eigenvalue weighted by Crippen LogP contribution is 2.38. The fourth-order valence-corrected chi connectivity index (χ4v) is 3.63. The molecule has 1 aliphatic carbocycles. The first-order chi connectivity index (χ1) is 13.6. The Labute approximate surface area is 163 Å². The maximum absolute atomic E-state index is 12.9. The Hall–Kier alpha value is -3.47. The second kappa shape index (κ2) is 7.27. The van der Waals surface area contributed by atoms with Crippen LogP contribution in [-0.2, 0) is 6.42 Å². The molecule has 1 N–H and O–H groups in total. The molecule has 1 amide bonds. The Bertz CT molecular complexity index is 1060. The Balaban J connectivity index is 1.62. The van der Waals surface area contributed by atoms with E-state index in [-0.39, 0.29) is 5.91 Å². The molecule has 0 radical (unpaired) electrons. The lowest BCUT2D eigenvalue weighted by atomic mass is 10.1. The lowest BCUT2D eigenvalue weighted by Crippen LogP contribution is -2.14. The number of fused-ring (bicyclic) bond motifs is 3. The van der Waals surface area contributed by atoms with Gasteiger partial charge in [0.05, 0.1) is 26.9 Å². The molecule has 1 aliphatic rings. The molecular weight excluding hydrogens is 354 g/mol. The van der Waals surface area contributed by atoms with E-state index in [1.807, 2.05) is 18.2 Å². The van der Waals surface area contributed by atoms with Crippen molar-refractivity contribution in [1.29, 1.82) is 0 Å². The fourth-order valence-electron chi connectivity index (χ4n) is 3.63. The van der Waals surface area contributed by atoms with E-state index in [9.17, 15) is 4.79 Å². The van der Waals surface area contributed by atoms with Crippen LogP contribution >= 0.6 is 0 Å². The number of carbonyl (C=O) groups excluding carboxylic acids is 1. The van der Waals surface area contributed by atoms with Gasteiger partial charge in [-0.2, -0.15) is 0 Å². The summed E-state index contributed by atoms with van der Waals surface area (Å²) in [5.74, 6) is 1.13. The number of amides is 1. The van der Waals surface area contributed by atoms with Crippen LogP contribution in [0.25, 0.3) is 11.1 Å². The van der Waals surface area contributed by atoms with Gasteiger partial charge in [0.2, 0.25) is 0 Å². The molecule has 0 saturated heterocycles. The van der Waals surface area contributed by atoms with Crippen molar-refractivity contribution in [3.63, 3.8) is 0 Å². The van der Waals surface area contributed by atoms with Crippen LogP contribution in [0.4, 0.5) is 5.69 Å². The Morgan fingerprint density at radius 1 is 0.786 bits per heavy atom. The van der Waals surface area contributed by atoms with E-state index >= 15 is 0 Å². The Kier molecular flexibility index (Phi) is 4.65. The molecule has 0 unspecified atom stereocenters. The first-order valence-electron chi connectivity index (χ1n) is 8.97. The molecule has 0 spiro atoms. The topological polar surface area (TPSA) is 56.8 Å². The average Bonchev–Trinajstić information content (AvgIpc) is 3.10. The molecule has 0 aromatic heterocycles.